The van der Waals surface area contributed by atoms with E-state index in [2.05, 4.69) is 4.74 Å². The van der Waals surface area contributed by atoms with Crippen LogP contribution in [0.4, 0.5) is 13.2 Å². The molecule has 0 N–H and O–H groups in total. The minimum Gasteiger partial charge on any atom is -0.468 e. The van der Waals surface area contributed by atoms with Crippen LogP contribution in [0.3, 0.4) is 0 Å². The van der Waals surface area contributed by atoms with Crippen molar-refractivity contribution in [3.05, 3.63) is 0 Å². The fourth-order valence-electron chi connectivity index (χ4n) is 1.67. The predicted octanol–water partition coefficient (Wildman–Crippen LogP) is 1.46. The Morgan fingerprint density at radius 3 is 2.36 bits per heavy atom. The molecule has 6 heteroatoms. The SMILES string of the molecule is COC(=O)C1(C(F)(F)F)CCCC1=O. The van der Waals surface area contributed by atoms with Gasteiger partial charge in [0.2, 0.25) is 5.41 Å². The lowest BCUT2D eigenvalue weighted by molar-refractivity contribution is -0.226. The summed E-state index contributed by atoms with van der Waals surface area (Å²) in [5.74, 6) is -2.58. The number of carbonyl (C=O) groups excluding carboxylic acids is 2. The van der Waals surface area contributed by atoms with Gasteiger partial charge in [-0.15, -0.1) is 0 Å². The smallest absolute Gasteiger partial charge is 0.411 e. The van der Waals surface area contributed by atoms with Gasteiger partial charge in [0.25, 0.3) is 0 Å². The zero-order valence-corrected chi connectivity index (χ0v) is 7.48. The number of esters is 1. The van der Waals surface area contributed by atoms with Gasteiger partial charge in [-0.3, -0.25) is 9.59 Å². The van der Waals surface area contributed by atoms with Gasteiger partial charge in [-0.1, -0.05) is 0 Å². The number of rotatable bonds is 1. The van der Waals surface area contributed by atoms with E-state index in [0.717, 1.165) is 7.11 Å². The van der Waals surface area contributed by atoms with E-state index >= 15 is 0 Å². The van der Waals surface area contributed by atoms with Crippen molar-refractivity contribution in [2.75, 3.05) is 7.11 Å². The summed E-state index contributed by atoms with van der Waals surface area (Å²) in [6.45, 7) is 0. The van der Waals surface area contributed by atoms with Crippen molar-refractivity contribution < 1.29 is 27.5 Å². The van der Waals surface area contributed by atoms with E-state index < -0.39 is 29.8 Å². The summed E-state index contributed by atoms with van der Waals surface area (Å²) in [4.78, 5) is 22.2. The molecule has 1 rings (SSSR count). The minimum absolute atomic E-state index is 0.0768. The van der Waals surface area contributed by atoms with Crippen LogP contribution in [-0.2, 0) is 14.3 Å². The van der Waals surface area contributed by atoms with Gasteiger partial charge in [0.05, 0.1) is 7.11 Å². The predicted molar refractivity (Wildman–Crippen MR) is 39.4 cm³/mol. The van der Waals surface area contributed by atoms with Crippen molar-refractivity contribution in [2.24, 2.45) is 5.41 Å². The number of methoxy groups -OCH3 is 1. The first-order chi connectivity index (χ1) is 6.36. The molecular formula is C8H9F3O3. The molecule has 1 aliphatic rings. The molecule has 0 aromatic rings. The summed E-state index contributed by atoms with van der Waals surface area (Å²) >= 11 is 0. The Labute approximate surface area is 78.2 Å². The maximum atomic E-state index is 12.6. The summed E-state index contributed by atoms with van der Waals surface area (Å²) in [5.41, 5.74) is -2.90. The van der Waals surface area contributed by atoms with E-state index in [1.54, 1.807) is 0 Å². The molecule has 1 fully saturated rings. The van der Waals surface area contributed by atoms with Gasteiger partial charge in [0.1, 0.15) is 0 Å². The summed E-state index contributed by atoms with van der Waals surface area (Å²) < 4.78 is 41.8. The topological polar surface area (TPSA) is 43.4 Å². The lowest BCUT2D eigenvalue weighted by Crippen LogP contribution is -2.48. The maximum Gasteiger partial charge on any atom is 0.411 e. The standard InChI is InChI=1S/C8H9F3O3/c1-14-6(13)7(8(9,10)11)4-2-3-5(7)12/h2-4H2,1H3. The number of halogens is 3. The van der Waals surface area contributed by atoms with E-state index in [1.807, 2.05) is 0 Å². The first kappa shape index (κ1) is 11.0. The molecule has 1 unspecified atom stereocenters. The third-order valence-corrected chi connectivity index (χ3v) is 2.45. The van der Waals surface area contributed by atoms with Gasteiger partial charge in [-0.25, -0.2) is 0 Å². The number of ketones is 1. The molecule has 1 atom stereocenters. The number of ether oxygens (including phenoxy) is 1. The van der Waals surface area contributed by atoms with Crippen LogP contribution >= 0.6 is 0 Å². The molecule has 0 aromatic heterocycles. The Balaban J connectivity index is 3.15. The van der Waals surface area contributed by atoms with Gasteiger partial charge in [-0.2, -0.15) is 13.2 Å². The van der Waals surface area contributed by atoms with E-state index in [4.69, 9.17) is 0 Å². The number of carbonyl (C=O) groups is 2. The lowest BCUT2D eigenvalue weighted by atomic mass is 9.84. The number of alkyl halides is 3. The van der Waals surface area contributed by atoms with Crippen molar-refractivity contribution in [3.8, 4) is 0 Å². The Morgan fingerprint density at radius 2 is 2.07 bits per heavy atom. The van der Waals surface area contributed by atoms with Crippen LogP contribution in [0.5, 0.6) is 0 Å². The zero-order chi connectivity index (χ0) is 11.0. The molecule has 0 radical (unpaired) electrons. The Morgan fingerprint density at radius 1 is 1.50 bits per heavy atom. The van der Waals surface area contributed by atoms with Crippen molar-refractivity contribution in [3.63, 3.8) is 0 Å². The Hall–Kier alpha value is -1.07. The quantitative estimate of drug-likeness (QED) is 0.486. The molecule has 0 spiro atoms. The molecule has 0 aliphatic heterocycles. The van der Waals surface area contributed by atoms with Crippen LogP contribution in [0.25, 0.3) is 0 Å². The third kappa shape index (κ3) is 1.29. The first-order valence-corrected chi connectivity index (χ1v) is 4.04. The summed E-state index contributed by atoms with van der Waals surface area (Å²) in [6.07, 6.45) is -5.49. The number of hydrogen-bond acceptors (Lipinski definition) is 3. The fourth-order valence-corrected chi connectivity index (χ4v) is 1.67. The molecule has 1 aliphatic carbocycles. The summed E-state index contributed by atoms with van der Waals surface area (Å²) in [6, 6.07) is 0. The monoisotopic (exact) mass is 210 g/mol. The number of Topliss-reactive ketones (excluding diaryl/α,β-unsaturated/α-hetero) is 1. The molecule has 0 bridgehead atoms. The van der Waals surface area contributed by atoms with E-state index in [-0.39, 0.29) is 12.8 Å². The Bertz CT molecular complexity index is 271. The second kappa shape index (κ2) is 3.25. The van der Waals surface area contributed by atoms with E-state index in [9.17, 15) is 22.8 Å². The van der Waals surface area contributed by atoms with Gasteiger partial charge in [0.15, 0.2) is 5.78 Å². The summed E-state index contributed by atoms with van der Waals surface area (Å²) in [5, 5.41) is 0. The lowest BCUT2D eigenvalue weighted by Gasteiger charge is -2.26. The van der Waals surface area contributed by atoms with Crippen LogP contribution in [0.15, 0.2) is 0 Å². The highest BCUT2D eigenvalue weighted by Gasteiger charge is 2.67. The highest BCUT2D eigenvalue weighted by molar-refractivity contribution is 6.06. The zero-order valence-electron chi connectivity index (χ0n) is 7.48. The van der Waals surface area contributed by atoms with Crippen LogP contribution in [0.1, 0.15) is 19.3 Å². The van der Waals surface area contributed by atoms with Crippen molar-refractivity contribution >= 4 is 11.8 Å². The molecular weight excluding hydrogens is 201 g/mol. The second-order valence-electron chi connectivity index (χ2n) is 3.17. The maximum absolute atomic E-state index is 12.6. The molecule has 0 aromatic carbocycles. The van der Waals surface area contributed by atoms with E-state index in [1.165, 1.54) is 0 Å². The minimum atomic E-state index is -4.85. The molecule has 0 saturated heterocycles. The normalized spacial score (nSPS) is 27.9. The molecule has 0 amide bonds. The number of hydrogen-bond donors (Lipinski definition) is 0. The average Bonchev–Trinajstić information content (AvgIpc) is 2.45. The summed E-state index contributed by atoms with van der Waals surface area (Å²) in [7, 11) is 0.849. The molecule has 14 heavy (non-hydrogen) atoms. The molecule has 3 nitrogen and oxygen atoms in total. The highest BCUT2D eigenvalue weighted by Crippen LogP contribution is 2.48. The van der Waals surface area contributed by atoms with Gasteiger partial charge in [0, 0.05) is 6.42 Å². The van der Waals surface area contributed by atoms with Gasteiger partial charge in [-0.05, 0) is 12.8 Å². The van der Waals surface area contributed by atoms with Crippen molar-refractivity contribution in [2.45, 2.75) is 25.4 Å². The second-order valence-corrected chi connectivity index (χ2v) is 3.17. The van der Waals surface area contributed by atoms with Crippen LogP contribution in [0, 0.1) is 5.41 Å². The largest absolute Gasteiger partial charge is 0.468 e. The van der Waals surface area contributed by atoms with Crippen molar-refractivity contribution in [1.29, 1.82) is 0 Å². The first-order valence-electron chi connectivity index (χ1n) is 4.04. The Kier molecular flexibility index (Phi) is 2.56. The third-order valence-electron chi connectivity index (χ3n) is 2.45. The molecule has 1 saturated carbocycles. The van der Waals surface area contributed by atoms with Crippen molar-refractivity contribution in [1.82, 2.24) is 0 Å². The highest BCUT2D eigenvalue weighted by atomic mass is 19.4. The van der Waals surface area contributed by atoms with E-state index in [0.29, 0.717) is 0 Å². The molecule has 80 valence electrons. The van der Waals surface area contributed by atoms with Crippen LogP contribution in [-0.4, -0.2) is 25.0 Å². The fraction of sp³-hybridized carbons (Fsp3) is 0.750. The van der Waals surface area contributed by atoms with Crippen LogP contribution < -0.4 is 0 Å². The van der Waals surface area contributed by atoms with Gasteiger partial charge >= 0.3 is 12.1 Å². The average molecular weight is 210 g/mol. The molecule has 0 heterocycles. The van der Waals surface area contributed by atoms with Crippen LogP contribution in [0.2, 0.25) is 0 Å². The van der Waals surface area contributed by atoms with Gasteiger partial charge < -0.3 is 4.74 Å².